The van der Waals surface area contributed by atoms with Crippen molar-refractivity contribution in [1.82, 2.24) is 19.9 Å². The smallest absolute Gasteiger partial charge is 0.325 e. The van der Waals surface area contributed by atoms with Gasteiger partial charge in [0.1, 0.15) is 17.8 Å². The molecule has 0 aliphatic heterocycles. The SMILES string of the molecule is Cc1cc2ncnc(Nc3c[nH]c(=O)[nH]c3=O)c2cc1C.O.O. The van der Waals surface area contributed by atoms with E-state index in [1.807, 2.05) is 26.0 Å². The zero-order chi connectivity index (χ0) is 15.0. The lowest BCUT2D eigenvalue weighted by molar-refractivity contribution is 0.823. The molecule has 7 N–H and O–H groups in total. The minimum absolute atomic E-state index is 0. The Morgan fingerprint density at radius 1 is 1.04 bits per heavy atom. The lowest BCUT2D eigenvalue weighted by Gasteiger charge is -2.09. The van der Waals surface area contributed by atoms with E-state index in [1.54, 1.807) is 0 Å². The van der Waals surface area contributed by atoms with Crippen molar-refractivity contribution in [3.05, 3.63) is 56.6 Å². The Balaban J connectivity index is 0.00000132. The quantitative estimate of drug-likeness (QED) is 0.589. The minimum Gasteiger partial charge on any atom is -0.412 e. The van der Waals surface area contributed by atoms with Crippen LogP contribution in [0.3, 0.4) is 0 Å². The molecule has 1 aromatic carbocycles. The third-order valence-electron chi connectivity index (χ3n) is 3.32. The van der Waals surface area contributed by atoms with E-state index in [4.69, 9.17) is 0 Å². The molecule has 0 spiro atoms. The van der Waals surface area contributed by atoms with Crippen molar-refractivity contribution in [3.63, 3.8) is 0 Å². The Morgan fingerprint density at radius 2 is 1.74 bits per heavy atom. The molecule has 122 valence electrons. The van der Waals surface area contributed by atoms with Gasteiger partial charge in [-0.1, -0.05) is 0 Å². The summed E-state index contributed by atoms with van der Waals surface area (Å²) in [5.41, 5.74) is 2.19. The Hall–Kier alpha value is -3.04. The van der Waals surface area contributed by atoms with Crippen LogP contribution < -0.4 is 16.6 Å². The van der Waals surface area contributed by atoms with Gasteiger partial charge in [0.05, 0.1) is 5.52 Å². The van der Waals surface area contributed by atoms with E-state index in [9.17, 15) is 9.59 Å². The summed E-state index contributed by atoms with van der Waals surface area (Å²) in [7, 11) is 0. The second kappa shape index (κ2) is 6.81. The van der Waals surface area contributed by atoms with E-state index < -0.39 is 11.2 Å². The first-order valence-electron chi connectivity index (χ1n) is 6.35. The predicted octanol–water partition coefficient (Wildman–Crippen LogP) is -0.283. The summed E-state index contributed by atoms with van der Waals surface area (Å²) >= 11 is 0. The largest absolute Gasteiger partial charge is 0.412 e. The van der Waals surface area contributed by atoms with Gasteiger partial charge in [-0.3, -0.25) is 9.78 Å². The van der Waals surface area contributed by atoms with Crippen molar-refractivity contribution < 1.29 is 11.0 Å². The molecule has 0 atom stereocenters. The number of nitrogens with one attached hydrogen (secondary N) is 3. The molecule has 0 saturated carbocycles. The summed E-state index contributed by atoms with van der Waals surface area (Å²) in [6.45, 7) is 4.01. The number of H-pyrrole nitrogens is 2. The predicted molar refractivity (Wildman–Crippen MR) is 87.2 cm³/mol. The molecular weight excluding hydrogens is 302 g/mol. The number of aromatic nitrogens is 4. The number of rotatable bonds is 2. The molecule has 2 aromatic heterocycles. The first kappa shape index (κ1) is 18.0. The van der Waals surface area contributed by atoms with Crippen LogP contribution >= 0.6 is 0 Å². The zero-order valence-corrected chi connectivity index (χ0v) is 12.5. The Morgan fingerprint density at radius 3 is 2.43 bits per heavy atom. The fraction of sp³-hybridized carbons (Fsp3) is 0.143. The molecule has 0 aliphatic carbocycles. The Bertz CT molecular complexity index is 948. The van der Waals surface area contributed by atoms with Gasteiger partial charge in [-0.25, -0.2) is 14.8 Å². The summed E-state index contributed by atoms with van der Waals surface area (Å²) in [5.74, 6) is 0.514. The highest BCUT2D eigenvalue weighted by Gasteiger charge is 2.08. The first-order chi connectivity index (χ1) is 10.0. The number of nitrogens with zero attached hydrogens (tertiary/aromatic N) is 2. The summed E-state index contributed by atoms with van der Waals surface area (Å²) in [4.78, 5) is 35.7. The van der Waals surface area contributed by atoms with Gasteiger partial charge in [-0.15, -0.1) is 0 Å². The molecule has 0 saturated heterocycles. The molecule has 0 aliphatic rings. The van der Waals surface area contributed by atoms with E-state index in [-0.39, 0.29) is 16.6 Å². The molecule has 9 nitrogen and oxygen atoms in total. The molecule has 0 fully saturated rings. The summed E-state index contributed by atoms with van der Waals surface area (Å²) in [6.07, 6.45) is 2.75. The molecule has 3 aromatic rings. The Kier molecular flexibility index (Phi) is 5.34. The Labute approximate surface area is 130 Å². The number of aryl methyl sites for hydroxylation is 2. The van der Waals surface area contributed by atoms with Gasteiger partial charge in [-0.2, -0.15) is 0 Å². The second-order valence-electron chi connectivity index (χ2n) is 4.79. The van der Waals surface area contributed by atoms with Gasteiger partial charge < -0.3 is 21.3 Å². The number of benzene rings is 1. The van der Waals surface area contributed by atoms with Gasteiger partial charge in [0, 0.05) is 11.6 Å². The van der Waals surface area contributed by atoms with Crippen molar-refractivity contribution in [1.29, 1.82) is 0 Å². The van der Waals surface area contributed by atoms with E-state index >= 15 is 0 Å². The number of hydrogen-bond donors (Lipinski definition) is 3. The molecule has 9 heteroatoms. The van der Waals surface area contributed by atoms with Crippen molar-refractivity contribution in [2.24, 2.45) is 0 Å². The van der Waals surface area contributed by atoms with Crippen LogP contribution in [0.15, 0.2) is 34.2 Å². The van der Waals surface area contributed by atoms with Crippen LogP contribution in [0.2, 0.25) is 0 Å². The van der Waals surface area contributed by atoms with Crippen LogP contribution in [-0.2, 0) is 0 Å². The van der Waals surface area contributed by atoms with Crippen LogP contribution in [0.5, 0.6) is 0 Å². The molecular formula is C14H17N5O4. The van der Waals surface area contributed by atoms with Crippen LogP contribution in [0.1, 0.15) is 11.1 Å². The fourth-order valence-corrected chi connectivity index (χ4v) is 2.05. The maximum Gasteiger partial charge on any atom is 0.325 e. The third-order valence-corrected chi connectivity index (χ3v) is 3.32. The maximum absolute atomic E-state index is 11.7. The van der Waals surface area contributed by atoms with Crippen LogP contribution in [0.25, 0.3) is 10.9 Å². The molecule has 23 heavy (non-hydrogen) atoms. The number of anilines is 2. The fourth-order valence-electron chi connectivity index (χ4n) is 2.05. The zero-order valence-electron chi connectivity index (χ0n) is 12.5. The second-order valence-corrected chi connectivity index (χ2v) is 4.79. The average molecular weight is 319 g/mol. The number of hydrogen-bond acceptors (Lipinski definition) is 5. The highest BCUT2D eigenvalue weighted by molar-refractivity contribution is 5.91. The molecule has 0 unspecified atom stereocenters. The lowest BCUT2D eigenvalue weighted by atomic mass is 10.1. The normalized spacial score (nSPS) is 9.83. The van der Waals surface area contributed by atoms with Crippen LogP contribution in [0.4, 0.5) is 11.5 Å². The first-order valence-corrected chi connectivity index (χ1v) is 6.35. The summed E-state index contributed by atoms with van der Waals surface area (Å²) in [5, 5.41) is 3.74. The highest BCUT2D eigenvalue weighted by atomic mass is 16.2. The monoisotopic (exact) mass is 319 g/mol. The molecule has 0 bridgehead atoms. The number of aromatic amines is 2. The standard InChI is InChI=1S/C14H13N5O2.2H2O/c1-7-3-9-10(4-8(7)2)16-6-17-12(9)18-11-5-15-14(21)19-13(11)20;;/h3-6H,1-2H3,(H,16,17,18)(H2,15,19,20,21);2*1H2. The molecule has 2 heterocycles. The van der Waals surface area contributed by atoms with Crippen molar-refractivity contribution in [3.8, 4) is 0 Å². The van der Waals surface area contributed by atoms with Crippen molar-refractivity contribution in [2.45, 2.75) is 13.8 Å². The minimum atomic E-state index is -0.551. The van der Waals surface area contributed by atoms with Gasteiger partial charge in [0.25, 0.3) is 5.56 Å². The highest BCUT2D eigenvalue weighted by Crippen LogP contribution is 2.24. The van der Waals surface area contributed by atoms with E-state index in [0.717, 1.165) is 22.0 Å². The summed E-state index contributed by atoms with van der Waals surface area (Å²) < 4.78 is 0. The van der Waals surface area contributed by atoms with Gasteiger partial charge in [-0.05, 0) is 37.1 Å². The van der Waals surface area contributed by atoms with E-state index in [0.29, 0.717) is 5.82 Å². The van der Waals surface area contributed by atoms with Crippen molar-refractivity contribution >= 4 is 22.4 Å². The maximum atomic E-state index is 11.7. The number of fused-ring (bicyclic) bond motifs is 1. The third kappa shape index (κ3) is 3.42. The van der Waals surface area contributed by atoms with Crippen molar-refractivity contribution in [2.75, 3.05) is 5.32 Å². The van der Waals surface area contributed by atoms with Crippen LogP contribution in [-0.4, -0.2) is 30.9 Å². The molecule has 3 rings (SSSR count). The van der Waals surface area contributed by atoms with Gasteiger partial charge >= 0.3 is 5.69 Å². The average Bonchev–Trinajstić information content (AvgIpc) is 2.44. The summed E-state index contributed by atoms with van der Waals surface area (Å²) in [6, 6.07) is 3.93. The van der Waals surface area contributed by atoms with Crippen LogP contribution in [0, 0.1) is 13.8 Å². The van der Waals surface area contributed by atoms with E-state index in [2.05, 4.69) is 25.3 Å². The van der Waals surface area contributed by atoms with E-state index in [1.165, 1.54) is 12.5 Å². The topological polar surface area (TPSA) is 167 Å². The molecule has 0 amide bonds. The van der Waals surface area contributed by atoms with Gasteiger partial charge in [0.2, 0.25) is 0 Å². The lowest BCUT2D eigenvalue weighted by Crippen LogP contribution is -2.23. The molecule has 0 radical (unpaired) electrons. The van der Waals surface area contributed by atoms with Gasteiger partial charge in [0.15, 0.2) is 0 Å².